The molecule has 0 bridgehead atoms. The molecule has 0 aliphatic heterocycles. The first kappa shape index (κ1) is 13.4. The highest BCUT2D eigenvalue weighted by molar-refractivity contribution is 5.75. The van der Waals surface area contributed by atoms with E-state index in [-0.39, 0.29) is 12.5 Å². The molecule has 2 N–H and O–H groups in total. The molecule has 0 aromatic rings. The van der Waals surface area contributed by atoms with E-state index >= 15 is 0 Å². The highest BCUT2D eigenvalue weighted by Gasteiger charge is 1.99. The maximum Gasteiger partial charge on any atom is 0.220 e. The predicted octanol–water partition coefficient (Wildman–Crippen LogP) is 1.70. The van der Waals surface area contributed by atoms with Crippen LogP contribution in [0.15, 0.2) is 0 Å². The van der Waals surface area contributed by atoms with Gasteiger partial charge in [-0.1, -0.05) is 26.7 Å². The minimum Gasteiger partial charge on any atom is -0.396 e. The van der Waals surface area contributed by atoms with E-state index in [9.17, 15) is 4.79 Å². The zero-order valence-electron chi connectivity index (χ0n) is 9.38. The minimum atomic E-state index is 0.0589. The van der Waals surface area contributed by atoms with Gasteiger partial charge in [0.25, 0.3) is 0 Å². The van der Waals surface area contributed by atoms with Gasteiger partial charge in [0.15, 0.2) is 0 Å². The number of carbonyl (C=O) groups is 1. The largest absolute Gasteiger partial charge is 0.396 e. The van der Waals surface area contributed by atoms with Gasteiger partial charge in [-0.2, -0.15) is 0 Å². The number of nitrogens with one attached hydrogen (secondary N) is 1. The quantitative estimate of drug-likeness (QED) is 0.587. The van der Waals surface area contributed by atoms with Crippen molar-refractivity contribution in [3.8, 4) is 0 Å². The summed E-state index contributed by atoms with van der Waals surface area (Å²) in [6.07, 6.45) is 4.48. The van der Waals surface area contributed by atoms with Crippen LogP contribution in [0.5, 0.6) is 0 Å². The summed E-state index contributed by atoms with van der Waals surface area (Å²) in [5.74, 6) is 0.809. The number of carbonyl (C=O) groups excluding carboxylic acids is 1. The summed E-state index contributed by atoms with van der Waals surface area (Å²) in [5.41, 5.74) is 0. The van der Waals surface area contributed by atoms with Crippen molar-refractivity contribution in [1.82, 2.24) is 5.32 Å². The topological polar surface area (TPSA) is 49.3 Å². The molecule has 0 rings (SSSR count). The summed E-state index contributed by atoms with van der Waals surface area (Å²) >= 11 is 0. The molecule has 3 nitrogen and oxygen atoms in total. The molecule has 0 saturated carbocycles. The van der Waals surface area contributed by atoms with E-state index in [1.807, 2.05) is 0 Å². The molecule has 14 heavy (non-hydrogen) atoms. The fraction of sp³-hybridized carbons (Fsp3) is 0.909. The van der Waals surface area contributed by atoms with E-state index in [0.717, 1.165) is 18.9 Å². The lowest BCUT2D eigenvalue weighted by Gasteiger charge is -2.05. The molecule has 0 atom stereocenters. The normalized spacial score (nSPS) is 10.6. The van der Waals surface area contributed by atoms with Crippen LogP contribution in [-0.2, 0) is 4.79 Å². The molecular weight excluding hydrogens is 178 g/mol. The second kappa shape index (κ2) is 9.00. The lowest BCUT2D eigenvalue weighted by atomic mass is 10.1. The highest BCUT2D eigenvalue weighted by Crippen LogP contribution is 2.05. The van der Waals surface area contributed by atoms with Crippen LogP contribution in [0.4, 0.5) is 0 Å². The molecule has 0 saturated heterocycles. The molecule has 0 aromatic carbocycles. The van der Waals surface area contributed by atoms with E-state index in [2.05, 4.69) is 19.2 Å². The third kappa shape index (κ3) is 9.52. The Morgan fingerprint density at radius 2 is 2.00 bits per heavy atom. The maximum absolute atomic E-state index is 11.1. The van der Waals surface area contributed by atoms with E-state index in [4.69, 9.17) is 5.11 Å². The molecule has 0 unspecified atom stereocenters. The molecule has 3 heteroatoms. The number of aliphatic hydroxyl groups excluding tert-OH is 1. The Morgan fingerprint density at radius 3 is 2.57 bits per heavy atom. The summed E-state index contributed by atoms with van der Waals surface area (Å²) in [5, 5.41) is 11.3. The van der Waals surface area contributed by atoms with Gasteiger partial charge in [0, 0.05) is 19.6 Å². The molecule has 1 amide bonds. The summed E-state index contributed by atoms with van der Waals surface area (Å²) in [6.45, 7) is 5.29. The van der Waals surface area contributed by atoms with Gasteiger partial charge in [0.2, 0.25) is 5.91 Å². The standard InChI is InChI=1S/C11H23NO2/c1-10(2)6-3-4-8-12-11(14)7-5-9-13/h10,13H,3-9H2,1-2H3,(H,12,14). The lowest BCUT2D eigenvalue weighted by Crippen LogP contribution is -2.24. The van der Waals surface area contributed by atoms with Gasteiger partial charge in [0.1, 0.15) is 0 Å². The van der Waals surface area contributed by atoms with Crippen LogP contribution in [0.25, 0.3) is 0 Å². The minimum absolute atomic E-state index is 0.0589. The van der Waals surface area contributed by atoms with Crippen LogP contribution < -0.4 is 5.32 Å². The molecule has 0 spiro atoms. The first-order valence-corrected chi connectivity index (χ1v) is 5.54. The van der Waals surface area contributed by atoms with E-state index in [1.54, 1.807) is 0 Å². The lowest BCUT2D eigenvalue weighted by molar-refractivity contribution is -0.121. The van der Waals surface area contributed by atoms with Crippen molar-refractivity contribution in [1.29, 1.82) is 0 Å². The van der Waals surface area contributed by atoms with Crippen LogP contribution in [-0.4, -0.2) is 24.2 Å². The van der Waals surface area contributed by atoms with Gasteiger partial charge in [-0.25, -0.2) is 0 Å². The van der Waals surface area contributed by atoms with E-state index < -0.39 is 0 Å². The van der Waals surface area contributed by atoms with Crippen LogP contribution in [0.2, 0.25) is 0 Å². The Hall–Kier alpha value is -0.570. The van der Waals surface area contributed by atoms with Crippen LogP contribution in [0.1, 0.15) is 46.0 Å². The molecule has 84 valence electrons. The van der Waals surface area contributed by atoms with Crippen LogP contribution in [0, 0.1) is 5.92 Å². The molecule has 0 fully saturated rings. The van der Waals surface area contributed by atoms with Crippen molar-refractivity contribution < 1.29 is 9.90 Å². The number of aliphatic hydroxyl groups is 1. The van der Waals surface area contributed by atoms with Crippen LogP contribution in [0.3, 0.4) is 0 Å². The van der Waals surface area contributed by atoms with Gasteiger partial charge in [-0.3, -0.25) is 4.79 Å². The highest BCUT2D eigenvalue weighted by atomic mass is 16.3. The fourth-order valence-electron chi connectivity index (χ4n) is 1.23. The SMILES string of the molecule is CC(C)CCCCNC(=O)CCCO. The summed E-state index contributed by atoms with van der Waals surface area (Å²) in [4.78, 5) is 11.1. The fourth-order valence-corrected chi connectivity index (χ4v) is 1.23. The molecule has 0 aliphatic rings. The van der Waals surface area contributed by atoms with Gasteiger partial charge in [-0.15, -0.1) is 0 Å². The molecule has 0 aliphatic carbocycles. The monoisotopic (exact) mass is 201 g/mol. The van der Waals surface area contributed by atoms with Crippen LogP contribution >= 0.6 is 0 Å². The second-order valence-electron chi connectivity index (χ2n) is 4.07. The molecule has 0 heterocycles. The Bertz CT molecular complexity index is 146. The first-order valence-electron chi connectivity index (χ1n) is 5.54. The zero-order chi connectivity index (χ0) is 10.8. The molecular formula is C11H23NO2. The summed E-state index contributed by atoms with van der Waals surface area (Å²) < 4.78 is 0. The zero-order valence-corrected chi connectivity index (χ0v) is 9.38. The van der Waals surface area contributed by atoms with Crippen molar-refractivity contribution in [2.45, 2.75) is 46.0 Å². The van der Waals surface area contributed by atoms with Crippen molar-refractivity contribution in [2.75, 3.05) is 13.2 Å². The predicted molar refractivity (Wildman–Crippen MR) is 58.0 cm³/mol. The van der Waals surface area contributed by atoms with Crippen molar-refractivity contribution in [3.05, 3.63) is 0 Å². The molecule has 0 aromatic heterocycles. The summed E-state index contributed by atoms with van der Waals surface area (Å²) in [6, 6.07) is 0. The number of rotatable bonds is 8. The number of unbranched alkanes of at least 4 members (excludes halogenated alkanes) is 1. The Morgan fingerprint density at radius 1 is 1.29 bits per heavy atom. The smallest absolute Gasteiger partial charge is 0.220 e. The van der Waals surface area contributed by atoms with E-state index in [1.165, 1.54) is 12.8 Å². The average molecular weight is 201 g/mol. The third-order valence-electron chi connectivity index (χ3n) is 2.09. The maximum atomic E-state index is 11.1. The third-order valence-corrected chi connectivity index (χ3v) is 2.09. The van der Waals surface area contributed by atoms with Crippen molar-refractivity contribution >= 4 is 5.91 Å². The number of hydrogen-bond acceptors (Lipinski definition) is 2. The summed E-state index contributed by atoms with van der Waals surface area (Å²) in [7, 11) is 0. The van der Waals surface area contributed by atoms with Gasteiger partial charge in [0.05, 0.1) is 0 Å². The van der Waals surface area contributed by atoms with Crippen molar-refractivity contribution in [2.24, 2.45) is 5.92 Å². The molecule has 0 radical (unpaired) electrons. The first-order chi connectivity index (χ1) is 6.66. The Labute approximate surface area is 86.9 Å². The van der Waals surface area contributed by atoms with E-state index in [0.29, 0.717) is 12.8 Å². The van der Waals surface area contributed by atoms with Crippen molar-refractivity contribution in [3.63, 3.8) is 0 Å². The van der Waals surface area contributed by atoms with Gasteiger partial charge in [-0.05, 0) is 18.8 Å². The second-order valence-corrected chi connectivity index (χ2v) is 4.07. The Kier molecular flexibility index (Phi) is 8.64. The number of amides is 1. The Balaban J connectivity index is 3.15. The van der Waals surface area contributed by atoms with Gasteiger partial charge >= 0.3 is 0 Å². The number of hydrogen-bond donors (Lipinski definition) is 2. The van der Waals surface area contributed by atoms with Gasteiger partial charge < -0.3 is 10.4 Å². The average Bonchev–Trinajstić information content (AvgIpc) is 2.13.